The lowest BCUT2D eigenvalue weighted by molar-refractivity contribution is 0.627. The number of aromatic amines is 1. The van der Waals surface area contributed by atoms with E-state index < -0.39 is 0 Å². The lowest BCUT2D eigenvalue weighted by Crippen LogP contribution is -1.85. The van der Waals surface area contributed by atoms with Crippen molar-refractivity contribution in [3.63, 3.8) is 0 Å². The molecule has 0 saturated carbocycles. The first kappa shape index (κ1) is 10.7. The fourth-order valence-electron chi connectivity index (χ4n) is 1.21. The van der Waals surface area contributed by atoms with Crippen LogP contribution in [0.5, 0.6) is 0 Å². The predicted octanol–water partition coefficient (Wildman–Crippen LogP) is 2.56. The standard InChI is InChI=1S/C10H9FN2.ClH/c11-10-3-1-8(2-4-10)5-9-6-12-13-7-9;/h1-4,6-7H,5H2,(H,12,13);1H. The Morgan fingerprint density at radius 1 is 1.14 bits per heavy atom. The molecule has 4 heteroatoms. The van der Waals surface area contributed by atoms with Gasteiger partial charge in [-0.2, -0.15) is 5.10 Å². The van der Waals surface area contributed by atoms with Gasteiger partial charge < -0.3 is 0 Å². The molecule has 0 saturated heterocycles. The normalized spacial score (nSPS) is 9.50. The molecular formula is C10H10ClFN2. The summed E-state index contributed by atoms with van der Waals surface area (Å²) in [5.74, 6) is -0.198. The van der Waals surface area contributed by atoms with Gasteiger partial charge in [-0.25, -0.2) is 4.39 Å². The number of hydrogen-bond donors (Lipinski definition) is 1. The molecule has 0 spiro atoms. The van der Waals surface area contributed by atoms with E-state index >= 15 is 0 Å². The molecule has 0 unspecified atom stereocenters. The fourth-order valence-corrected chi connectivity index (χ4v) is 1.21. The van der Waals surface area contributed by atoms with Gasteiger partial charge in [-0.05, 0) is 23.3 Å². The number of benzene rings is 1. The number of halogens is 2. The Morgan fingerprint density at radius 2 is 1.86 bits per heavy atom. The summed E-state index contributed by atoms with van der Waals surface area (Å²) in [6, 6.07) is 6.50. The molecule has 0 aliphatic carbocycles. The molecule has 1 aromatic heterocycles. The minimum absolute atomic E-state index is 0. The van der Waals surface area contributed by atoms with E-state index in [0.717, 1.165) is 17.5 Å². The van der Waals surface area contributed by atoms with Crippen LogP contribution in [0.25, 0.3) is 0 Å². The lowest BCUT2D eigenvalue weighted by atomic mass is 10.1. The summed E-state index contributed by atoms with van der Waals surface area (Å²) in [5, 5.41) is 6.57. The van der Waals surface area contributed by atoms with E-state index in [1.165, 1.54) is 12.1 Å². The minimum atomic E-state index is -0.198. The molecule has 14 heavy (non-hydrogen) atoms. The number of rotatable bonds is 2. The average molecular weight is 213 g/mol. The third-order valence-corrected chi connectivity index (χ3v) is 1.88. The van der Waals surface area contributed by atoms with Gasteiger partial charge >= 0.3 is 0 Å². The quantitative estimate of drug-likeness (QED) is 0.815. The highest BCUT2D eigenvalue weighted by Gasteiger charge is 1.96. The maximum absolute atomic E-state index is 12.5. The number of H-pyrrole nitrogens is 1. The molecule has 0 fully saturated rings. The molecule has 1 heterocycles. The van der Waals surface area contributed by atoms with Crippen molar-refractivity contribution in [2.75, 3.05) is 0 Å². The summed E-state index contributed by atoms with van der Waals surface area (Å²) >= 11 is 0. The molecule has 2 rings (SSSR count). The van der Waals surface area contributed by atoms with Crippen LogP contribution in [0.1, 0.15) is 11.1 Å². The monoisotopic (exact) mass is 212 g/mol. The van der Waals surface area contributed by atoms with Gasteiger partial charge in [0.25, 0.3) is 0 Å². The number of hydrogen-bond acceptors (Lipinski definition) is 1. The van der Waals surface area contributed by atoms with Crippen molar-refractivity contribution in [3.8, 4) is 0 Å². The van der Waals surface area contributed by atoms with Crippen LogP contribution in [0.15, 0.2) is 36.7 Å². The van der Waals surface area contributed by atoms with Gasteiger partial charge in [-0.1, -0.05) is 12.1 Å². The molecule has 1 N–H and O–H groups in total. The van der Waals surface area contributed by atoms with Crippen LogP contribution in [0, 0.1) is 5.82 Å². The van der Waals surface area contributed by atoms with Crippen LogP contribution in [0.2, 0.25) is 0 Å². The van der Waals surface area contributed by atoms with Crippen molar-refractivity contribution in [3.05, 3.63) is 53.6 Å². The molecule has 0 aliphatic heterocycles. The fraction of sp³-hybridized carbons (Fsp3) is 0.100. The first-order chi connectivity index (χ1) is 6.34. The molecular weight excluding hydrogens is 203 g/mol. The molecule has 2 aromatic rings. The van der Waals surface area contributed by atoms with Crippen LogP contribution >= 0.6 is 12.4 Å². The van der Waals surface area contributed by atoms with E-state index in [0.29, 0.717) is 0 Å². The van der Waals surface area contributed by atoms with Crippen LogP contribution < -0.4 is 0 Å². The first-order valence-corrected chi connectivity index (χ1v) is 4.07. The van der Waals surface area contributed by atoms with Crippen molar-refractivity contribution in [1.29, 1.82) is 0 Å². The Balaban J connectivity index is 0.000000980. The molecule has 0 atom stereocenters. The maximum atomic E-state index is 12.5. The highest BCUT2D eigenvalue weighted by Crippen LogP contribution is 2.08. The van der Waals surface area contributed by atoms with Gasteiger partial charge in [0.2, 0.25) is 0 Å². The second-order valence-electron chi connectivity index (χ2n) is 2.91. The van der Waals surface area contributed by atoms with Crippen molar-refractivity contribution in [2.45, 2.75) is 6.42 Å². The Hall–Kier alpha value is -1.35. The third-order valence-electron chi connectivity index (χ3n) is 1.88. The van der Waals surface area contributed by atoms with Gasteiger partial charge in [-0.3, -0.25) is 5.10 Å². The maximum Gasteiger partial charge on any atom is 0.123 e. The highest BCUT2D eigenvalue weighted by atomic mass is 35.5. The minimum Gasteiger partial charge on any atom is -0.285 e. The molecule has 0 radical (unpaired) electrons. The summed E-state index contributed by atoms with van der Waals surface area (Å²) in [7, 11) is 0. The zero-order valence-electron chi connectivity index (χ0n) is 7.40. The third kappa shape index (κ3) is 2.57. The van der Waals surface area contributed by atoms with Gasteiger partial charge in [0.1, 0.15) is 5.82 Å². The average Bonchev–Trinajstić information content (AvgIpc) is 2.62. The SMILES string of the molecule is Cl.Fc1ccc(Cc2cn[nH]c2)cc1. The van der Waals surface area contributed by atoms with Crippen molar-refractivity contribution in [1.82, 2.24) is 10.2 Å². The second kappa shape index (κ2) is 4.77. The number of nitrogens with one attached hydrogen (secondary N) is 1. The lowest BCUT2D eigenvalue weighted by Gasteiger charge is -1.97. The van der Waals surface area contributed by atoms with E-state index in [-0.39, 0.29) is 18.2 Å². The Labute approximate surface area is 87.6 Å². The summed E-state index contributed by atoms with van der Waals surface area (Å²) in [6.07, 6.45) is 4.39. The molecule has 0 amide bonds. The van der Waals surface area contributed by atoms with Crippen LogP contribution in [0.4, 0.5) is 4.39 Å². The molecule has 0 aliphatic rings. The Morgan fingerprint density at radius 3 is 2.43 bits per heavy atom. The summed E-state index contributed by atoms with van der Waals surface area (Å²) in [4.78, 5) is 0. The van der Waals surface area contributed by atoms with E-state index in [1.54, 1.807) is 18.3 Å². The first-order valence-electron chi connectivity index (χ1n) is 4.07. The van der Waals surface area contributed by atoms with Crippen molar-refractivity contribution < 1.29 is 4.39 Å². The molecule has 1 aromatic carbocycles. The van der Waals surface area contributed by atoms with Crippen molar-refractivity contribution >= 4 is 12.4 Å². The number of nitrogens with zero attached hydrogens (tertiary/aromatic N) is 1. The predicted molar refractivity (Wildman–Crippen MR) is 55.0 cm³/mol. The van der Waals surface area contributed by atoms with Crippen LogP contribution in [-0.2, 0) is 6.42 Å². The zero-order valence-corrected chi connectivity index (χ0v) is 8.22. The second-order valence-corrected chi connectivity index (χ2v) is 2.91. The van der Waals surface area contributed by atoms with E-state index in [2.05, 4.69) is 10.2 Å². The summed E-state index contributed by atoms with van der Waals surface area (Å²) in [5.41, 5.74) is 2.19. The molecule has 2 nitrogen and oxygen atoms in total. The summed E-state index contributed by atoms with van der Waals surface area (Å²) < 4.78 is 12.5. The van der Waals surface area contributed by atoms with Gasteiger partial charge in [-0.15, -0.1) is 12.4 Å². The summed E-state index contributed by atoms with van der Waals surface area (Å²) in [6.45, 7) is 0. The highest BCUT2D eigenvalue weighted by molar-refractivity contribution is 5.85. The molecule has 0 bridgehead atoms. The van der Waals surface area contributed by atoms with E-state index in [1.807, 2.05) is 6.20 Å². The van der Waals surface area contributed by atoms with Crippen LogP contribution in [0.3, 0.4) is 0 Å². The smallest absolute Gasteiger partial charge is 0.123 e. The van der Waals surface area contributed by atoms with Gasteiger partial charge in [0.15, 0.2) is 0 Å². The van der Waals surface area contributed by atoms with Crippen molar-refractivity contribution in [2.24, 2.45) is 0 Å². The van der Waals surface area contributed by atoms with Gasteiger partial charge in [0.05, 0.1) is 6.20 Å². The zero-order chi connectivity index (χ0) is 9.10. The largest absolute Gasteiger partial charge is 0.285 e. The van der Waals surface area contributed by atoms with E-state index in [4.69, 9.17) is 0 Å². The van der Waals surface area contributed by atoms with Gasteiger partial charge in [0, 0.05) is 12.6 Å². The molecule has 74 valence electrons. The van der Waals surface area contributed by atoms with Crippen LogP contribution in [-0.4, -0.2) is 10.2 Å². The Kier molecular flexibility index (Phi) is 3.65. The topological polar surface area (TPSA) is 28.7 Å². The van der Waals surface area contributed by atoms with E-state index in [9.17, 15) is 4.39 Å². The number of aromatic nitrogens is 2. The Bertz CT molecular complexity index is 370.